The van der Waals surface area contributed by atoms with E-state index >= 15 is 0 Å². The van der Waals surface area contributed by atoms with Crippen molar-refractivity contribution in [3.63, 3.8) is 0 Å². The van der Waals surface area contributed by atoms with Crippen LogP contribution < -0.4 is 0 Å². The van der Waals surface area contributed by atoms with Crippen molar-refractivity contribution in [1.82, 2.24) is 0 Å². The lowest BCUT2D eigenvalue weighted by atomic mass is 9.90. The Morgan fingerprint density at radius 3 is 0.578 bits per heavy atom. The van der Waals surface area contributed by atoms with Gasteiger partial charge in [0.05, 0.1) is 6.10 Å². The summed E-state index contributed by atoms with van der Waals surface area (Å²) < 4.78 is 0. The van der Waals surface area contributed by atoms with Gasteiger partial charge in [-0.3, -0.25) is 24.0 Å². The Morgan fingerprint density at radius 1 is 0.196 bits per heavy atom. The summed E-state index contributed by atoms with van der Waals surface area (Å²) in [5.74, 6) is 18.4. The molecule has 0 aliphatic carbocycles. The van der Waals surface area contributed by atoms with Crippen LogP contribution in [0.4, 0.5) is 0 Å². The molecule has 0 bridgehead atoms. The van der Waals surface area contributed by atoms with Crippen LogP contribution in [0.2, 0.25) is 0 Å². The van der Waals surface area contributed by atoms with E-state index in [1.54, 1.807) is 0 Å². The van der Waals surface area contributed by atoms with E-state index in [9.17, 15) is 29.1 Å². The molecule has 0 rings (SSSR count). The van der Waals surface area contributed by atoms with Crippen molar-refractivity contribution < 1.29 is 29.1 Å². The average molecular weight is 1450 g/mol. The monoisotopic (exact) mass is 1450 g/mol. The molecule has 3 atom stereocenters. The number of Topliss-reactive ketones (excluding diaryl/α,β-unsaturated/α-hetero) is 5. The molecule has 1 N–H and O–H groups in total. The van der Waals surface area contributed by atoms with Gasteiger partial charge in [0.1, 0.15) is 28.9 Å². The van der Waals surface area contributed by atoms with Crippen molar-refractivity contribution in [2.45, 2.75) is 447 Å². The maximum absolute atomic E-state index is 11.3. The van der Waals surface area contributed by atoms with Gasteiger partial charge in [-0.2, -0.15) is 0 Å². The van der Waals surface area contributed by atoms with E-state index in [0.717, 1.165) is 135 Å². The molecule has 3 unspecified atom stereocenters. The Hall–Kier alpha value is -1.69. The molecule has 0 aromatic heterocycles. The number of aliphatic hydroxyl groups is 1. The number of hydrogen-bond donors (Lipinski definition) is 1. The van der Waals surface area contributed by atoms with Gasteiger partial charge in [0.25, 0.3) is 0 Å². The topological polar surface area (TPSA) is 106 Å². The van der Waals surface area contributed by atoms with Crippen LogP contribution in [-0.4, -0.2) is 40.1 Å². The summed E-state index contributed by atoms with van der Waals surface area (Å²) in [6.07, 6.45) is 19.9. The first-order valence-electron chi connectivity index (χ1n) is 43.4. The van der Waals surface area contributed by atoms with Crippen LogP contribution in [0.1, 0.15) is 441 Å². The highest BCUT2D eigenvalue weighted by Gasteiger charge is 2.16. The molecule has 0 aromatic carbocycles. The summed E-state index contributed by atoms with van der Waals surface area (Å²) in [4.78, 5) is 55.3. The van der Waals surface area contributed by atoms with Gasteiger partial charge in [-0.05, 0) is 163 Å². The molecular weight excluding hydrogens is 1250 g/mol. The van der Waals surface area contributed by atoms with Gasteiger partial charge < -0.3 is 5.11 Å². The molecule has 0 aliphatic rings. The molecule has 624 valence electrons. The first-order valence-corrected chi connectivity index (χ1v) is 43.4. The van der Waals surface area contributed by atoms with Crippen LogP contribution in [0.15, 0.2) is 0 Å². The minimum Gasteiger partial charge on any atom is -0.393 e. The number of aliphatic hydroxyl groups excluding tert-OH is 1. The van der Waals surface area contributed by atoms with Gasteiger partial charge >= 0.3 is 0 Å². The van der Waals surface area contributed by atoms with Gasteiger partial charge in [-0.1, -0.05) is 364 Å². The maximum Gasteiger partial charge on any atom is 0.135 e. The Kier molecular flexibility index (Phi) is 97.7. The zero-order valence-electron chi connectivity index (χ0n) is 79.7. The molecule has 0 aliphatic heterocycles. The zero-order valence-corrected chi connectivity index (χ0v) is 79.7. The first-order chi connectivity index (χ1) is 46.1. The van der Waals surface area contributed by atoms with E-state index in [-0.39, 0.29) is 35.7 Å². The Balaban J connectivity index is -0.0000000994. The molecule has 0 heterocycles. The van der Waals surface area contributed by atoms with Crippen molar-refractivity contribution >= 4 is 28.9 Å². The lowest BCUT2D eigenvalue weighted by Crippen LogP contribution is -2.14. The van der Waals surface area contributed by atoms with E-state index in [0.29, 0.717) is 70.3 Å². The molecule has 0 aromatic rings. The SMILES string of the molecule is CC(C)C(=O)CC(C)C(C)C.CC(C)CC(=O)C(C)C.CC(C)CC(=O)C(C)C.CC(C)CC(C)C.CC(C)CC(C)C(C)C.CC(C)CC(C)C(C)C.CC(C)CC(O)CC(C)C.CC(C)CCC(=O)C(C)C.CC(C)CCC(C)C.CC(C)CCCC(=O)C(C)C.CC(C)CCCC(C)C. The zero-order chi connectivity index (χ0) is 83.6. The summed E-state index contributed by atoms with van der Waals surface area (Å²) in [7, 11) is 0. The predicted octanol–water partition coefficient (Wildman–Crippen LogP) is 31.4. The fourth-order valence-corrected chi connectivity index (χ4v) is 9.52. The third-order valence-electron chi connectivity index (χ3n) is 17.5. The summed E-state index contributed by atoms with van der Waals surface area (Å²) in [6, 6.07) is 0. The molecule has 0 amide bonds. The van der Waals surface area contributed by atoms with E-state index in [2.05, 4.69) is 256 Å². The van der Waals surface area contributed by atoms with Gasteiger partial charge in [-0.15, -0.1) is 0 Å². The third kappa shape index (κ3) is 131. The highest BCUT2D eigenvalue weighted by atomic mass is 16.3. The van der Waals surface area contributed by atoms with Crippen LogP contribution in [0.3, 0.4) is 0 Å². The maximum atomic E-state index is 11.3. The molecule has 0 saturated heterocycles. The second-order valence-corrected chi connectivity index (χ2v) is 39.7. The lowest BCUT2D eigenvalue weighted by Gasteiger charge is -2.16. The average Bonchev–Trinajstić information content (AvgIpc) is 1.00. The van der Waals surface area contributed by atoms with Gasteiger partial charge in [0.2, 0.25) is 0 Å². The van der Waals surface area contributed by atoms with Crippen LogP contribution >= 0.6 is 0 Å². The van der Waals surface area contributed by atoms with Crippen LogP contribution in [0.25, 0.3) is 0 Å². The molecule has 6 heteroatoms. The van der Waals surface area contributed by atoms with Crippen LogP contribution in [0, 0.1) is 148 Å². The summed E-state index contributed by atoms with van der Waals surface area (Å²) in [6.45, 7) is 102. The van der Waals surface area contributed by atoms with E-state index in [1.165, 1.54) is 57.8 Å². The van der Waals surface area contributed by atoms with Gasteiger partial charge in [0.15, 0.2) is 0 Å². The molecule has 0 saturated carbocycles. The van der Waals surface area contributed by atoms with E-state index in [4.69, 9.17) is 0 Å². The fourth-order valence-electron chi connectivity index (χ4n) is 9.52. The molecule has 102 heavy (non-hydrogen) atoms. The van der Waals surface area contributed by atoms with Crippen molar-refractivity contribution in [2.24, 2.45) is 148 Å². The second kappa shape index (κ2) is 80.3. The second-order valence-electron chi connectivity index (χ2n) is 39.7. The number of hydrogen-bond acceptors (Lipinski definition) is 6. The molecule has 0 fully saturated rings. The number of ketones is 5. The quantitative estimate of drug-likeness (QED) is 0.0660. The highest BCUT2D eigenvalue weighted by Crippen LogP contribution is 2.21. The number of carbonyl (C=O) groups excluding carboxylic acids is 5. The van der Waals surface area contributed by atoms with Gasteiger partial charge in [-0.25, -0.2) is 0 Å². The van der Waals surface area contributed by atoms with Gasteiger partial charge in [0, 0.05) is 61.7 Å². The smallest absolute Gasteiger partial charge is 0.135 e. The third-order valence-corrected chi connectivity index (χ3v) is 17.5. The Bertz CT molecular complexity index is 1650. The van der Waals surface area contributed by atoms with Crippen molar-refractivity contribution in [3.8, 4) is 0 Å². The summed E-state index contributed by atoms with van der Waals surface area (Å²) in [5, 5.41) is 9.39. The van der Waals surface area contributed by atoms with Crippen LogP contribution in [-0.2, 0) is 24.0 Å². The van der Waals surface area contributed by atoms with Crippen LogP contribution in [0.5, 0.6) is 0 Å². The van der Waals surface area contributed by atoms with Crippen molar-refractivity contribution in [3.05, 3.63) is 0 Å². The first kappa shape index (κ1) is 124. The molecule has 6 nitrogen and oxygen atoms in total. The number of carbonyl (C=O) groups is 5. The standard InChI is InChI=1S/2C10H20O.C9H20O.C9H18O.3C9H20.2C8H16O.C8H18.C7H16/c1-7(2)9(5)6-10(11)8(3)4;1-8(2)6-5-7-10(11)9(3)4;1-7(2)5-9(10)6-8(3)4;1-7(2)5-6-9(10)8(3)4;2*1-7(2)6-9(5)8(3)4;1-8(2)6-5-7-9(3)4;2*1-6(2)5-8(9)7(3)4;1-7(2)5-6-8(3)4;1-6(2)5-7(3)4/h7-9H,6H2,1-5H3;8-9H,5-7H2,1-4H3;7-10H,5-6H2,1-4H3;7-8H,5-6H2,1-4H3;2*7-9H,6H2,1-5H3;8-9H,5-7H2,1-4H3;2*6-7H,5H2,1-4H3;7-8H,5-6H2,1-4H3;6-7H,5H2,1-4H3. The molecular formula is C96H204O6. The minimum atomic E-state index is -0.0833. The lowest BCUT2D eigenvalue weighted by molar-refractivity contribution is -0.123. The fraction of sp³-hybridized carbons (Fsp3) is 0.948. The minimum absolute atomic E-state index is 0.0833. The molecule has 0 spiro atoms. The van der Waals surface area contributed by atoms with Crippen molar-refractivity contribution in [2.75, 3.05) is 0 Å². The molecule has 0 radical (unpaired) electrons. The largest absolute Gasteiger partial charge is 0.393 e. The highest BCUT2D eigenvalue weighted by molar-refractivity contribution is 5.81. The predicted molar refractivity (Wildman–Crippen MR) is 468 cm³/mol. The normalized spacial score (nSPS) is 12.2. The summed E-state index contributed by atoms with van der Waals surface area (Å²) >= 11 is 0. The van der Waals surface area contributed by atoms with E-state index < -0.39 is 0 Å². The Morgan fingerprint density at radius 2 is 0.412 bits per heavy atom. The van der Waals surface area contributed by atoms with Crippen molar-refractivity contribution in [1.29, 1.82) is 0 Å². The van der Waals surface area contributed by atoms with E-state index in [1.807, 2.05) is 69.2 Å². The Labute approximate surface area is 649 Å². The number of rotatable bonds is 38. The summed E-state index contributed by atoms with van der Waals surface area (Å²) in [5.41, 5.74) is 0.